The van der Waals surface area contributed by atoms with Crippen LogP contribution in [0.25, 0.3) is 0 Å². The smallest absolute Gasteiger partial charge is 0.0812 e. The molecule has 2 N–H and O–H groups in total. The monoisotopic (exact) mass is 219 g/mol. The van der Waals surface area contributed by atoms with Crippen LogP contribution in [0, 0.1) is 0 Å². The first kappa shape index (κ1) is 11.6. The van der Waals surface area contributed by atoms with E-state index in [0.717, 1.165) is 38.8 Å². The molecule has 1 aliphatic rings. The second-order valence-electron chi connectivity index (χ2n) is 4.85. The van der Waals surface area contributed by atoms with Gasteiger partial charge in [-0.1, -0.05) is 31.2 Å². The van der Waals surface area contributed by atoms with Crippen LogP contribution in [-0.2, 0) is 12.8 Å². The Hall–Kier alpha value is -0.860. The summed E-state index contributed by atoms with van der Waals surface area (Å²) in [4.78, 5) is 0. The van der Waals surface area contributed by atoms with E-state index >= 15 is 0 Å². The van der Waals surface area contributed by atoms with Gasteiger partial charge in [-0.05, 0) is 36.9 Å². The molecule has 88 valence electrons. The fourth-order valence-electron chi connectivity index (χ4n) is 2.44. The highest BCUT2D eigenvalue weighted by atomic mass is 16.3. The van der Waals surface area contributed by atoms with E-state index in [-0.39, 0.29) is 0 Å². The third kappa shape index (κ3) is 2.83. The Bertz CT molecular complexity index is 342. The molecule has 0 saturated carbocycles. The maximum Gasteiger partial charge on any atom is 0.0812 e. The van der Waals surface area contributed by atoms with E-state index in [1.165, 1.54) is 11.1 Å². The second-order valence-corrected chi connectivity index (χ2v) is 4.85. The molecular weight excluding hydrogens is 198 g/mol. The SMILES string of the molecule is CCc1cccc(CC2(O)CCCNC2)c1. The second kappa shape index (κ2) is 4.98. The van der Waals surface area contributed by atoms with Gasteiger partial charge in [0.2, 0.25) is 0 Å². The van der Waals surface area contributed by atoms with Crippen LogP contribution in [0.1, 0.15) is 30.9 Å². The first-order valence-corrected chi connectivity index (χ1v) is 6.23. The maximum absolute atomic E-state index is 10.4. The summed E-state index contributed by atoms with van der Waals surface area (Å²) in [6, 6.07) is 8.57. The quantitative estimate of drug-likeness (QED) is 0.814. The summed E-state index contributed by atoms with van der Waals surface area (Å²) in [5.41, 5.74) is 2.07. The Morgan fingerprint density at radius 2 is 2.19 bits per heavy atom. The minimum Gasteiger partial charge on any atom is -0.388 e. The molecule has 16 heavy (non-hydrogen) atoms. The number of hydrogen-bond acceptors (Lipinski definition) is 2. The molecule has 0 aliphatic carbocycles. The van der Waals surface area contributed by atoms with Crippen LogP contribution in [0.3, 0.4) is 0 Å². The van der Waals surface area contributed by atoms with Crippen molar-refractivity contribution in [1.29, 1.82) is 0 Å². The number of β-amino-alcohol motifs (C(OH)–C–C–N with tert-alkyl or cyclic N) is 1. The van der Waals surface area contributed by atoms with Crippen molar-refractivity contribution in [2.75, 3.05) is 13.1 Å². The normalized spacial score (nSPS) is 25.6. The summed E-state index contributed by atoms with van der Waals surface area (Å²) < 4.78 is 0. The van der Waals surface area contributed by atoms with Crippen LogP contribution in [0.15, 0.2) is 24.3 Å². The molecule has 0 spiro atoms. The largest absolute Gasteiger partial charge is 0.388 e. The van der Waals surface area contributed by atoms with Gasteiger partial charge in [0.1, 0.15) is 0 Å². The van der Waals surface area contributed by atoms with Crippen LogP contribution in [-0.4, -0.2) is 23.8 Å². The third-order valence-electron chi connectivity index (χ3n) is 3.38. The number of hydrogen-bond donors (Lipinski definition) is 2. The molecule has 0 aromatic heterocycles. The third-order valence-corrected chi connectivity index (χ3v) is 3.38. The summed E-state index contributed by atoms with van der Waals surface area (Å²) in [6.45, 7) is 3.93. The molecule has 2 nitrogen and oxygen atoms in total. The van der Waals surface area contributed by atoms with E-state index in [1.54, 1.807) is 0 Å². The highest BCUT2D eigenvalue weighted by molar-refractivity contribution is 5.25. The average molecular weight is 219 g/mol. The molecule has 1 aliphatic heterocycles. The zero-order valence-corrected chi connectivity index (χ0v) is 10.00. The predicted molar refractivity (Wildman–Crippen MR) is 66.6 cm³/mol. The van der Waals surface area contributed by atoms with Gasteiger partial charge in [-0.15, -0.1) is 0 Å². The van der Waals surface area contributed by atoms with Crippen molar-refractivity contribution >= 4 is 0 Å². The lowest BCUT2D eigenvalue weighted by Gasteiger charge is -2.32. The Balaban J connectivity index is 2.07. The molecule has 1 atom stereocenters. The first-order chi connectivity index (χ1) is 7.72. The van der Waals surface area contributed by atoms with E-state index in [2.05, 4.69) is 36.5 Å². The van der Waals surface area contributed by atoms with Gasteiger partial charge >= 0.3 is 0 Å². The molecule has 1 aromatic carbocycles. The summed E-state index contributed by atoms with van der Waals surface area (Å²) >= 11 is 0. The van der Waals surface area contributed by atoms with Crippen molar-refractivity contribution in [2.45, 2.75) is 38.2 Å². The minimum absolute atomic E-state index is 0.537. The fourth-order valence-corrected chi connectivity index (χ4v) is 2.44. The molecule has 1 heterocycles. The van der Waals surface area contributed by atoms with Gasteiger partial charge in [0.25, 0.3) is 0 Å². The zero-order valence-electron chi connectivity index (χ0n) is 10.00. The Morgan fingerprint density at radius 3 is 2.88 bits per heavy atom. The Morgan fingerprint density at radius 1 is 1.38 bits per heavy atom. The van der Waals surface area contributed by atoms with Crippen molar-refractivity contribution in [3.05, 3.63) is 35.4 Å². The number of aliphatic hydroxyl groups is 1. The van der Waals surface area contributed by atoms with Crippen LogP contribution < -0.4 is 5.32 Å². The molecule has 2 rings (SSSR count). The van der Waals surface area contributed by atoms with Crippen LogP contribution >= 0.6 is 0 Å². The summed E-state index contributed by atoms with van der Waals surface area (Å²) in [5.74, 6) is 0. The number of nitrogens with one attached hydrogen (secondary N) is 1. The van der Waals surface area contributed by atoms with E-state index < -0.39 is 5.60 Å². The van der Waals surface area contributed by atoms with Gasteiger partial charge in [-0.2, -0.15) is 0 Å². The van der Waals surface area contributed by atoms with Crippen molar-refractivity contribution < 1.29 is 5.11 Å². The lowest BCUT2D eigenvalue weighted by molar-refractivity contribution is 0.0169. The van der Waals surface area contributed by atoms with Crippen LogP contribution in [0.4, 0.5) is 0 Å². The molecule has 1 unspecified atom stereocenters. The molecule has 1 saturated heterocycles. The van der Waals surface area contributed by atoms with Gasteiger partial charge in [0.05, 0.1) is 5.60 Å². The van der Waals surface area contributed by atoms with Crippen molar-refractivity contribution in [3.63, 3.8) is 0 Å². The summed E-state index contributed by atoms with van der Waals surface area (Å²) in [5, 5.41) is 13.7. The highest BCUT2D eigenvalue weighted by Gasteiger charge is 2.29. The molecule has 1 fully saturated rings. The van der Waals surface area contributed by atoms with Crippen LogP contribution in [0.2, 0.25) is 0 Å². The first-order valence-electron chi connectivity index (χ1n) is 6.23. The van der Waals surface area contributed by atoms with Crippen LogP contribution in [0.5, 0.6) is 0 Å². The highest BCUT2D eigenvalue weighted by Crippen LogP contribution is 2.21. The standard InChI is InChI=1S/C14H21NO/c1-2-12-5-3-6-13(9-12)10-14(16)7-4-8-15-11-14/h3,5-6,9,15-16H,2,4,7-8,10-11H2,1H3. The molecule has 0 amide bonds. The predicted octanol–water partition coefficient (Wildman–Crippen LogP) is 1.91. The number of rotatable bonds is 3. The zero-order chi connectivity index (χ0) is 11.4. The van der Waals surface area contributed by atoms with Gasteiger partial charge in [0, 0.05) is 13.0 Å². The van der Waals surface area contributed by atoms with Crippen molar-refractivity contribution in [2.24, 2.45) is 0 Å². The van der Waals surface area contributed by atoms with Crippen molar-refractivity contribution in [1.82, 2.24) is 5.32 Å². The Kier molecular flexibility index (Phi) is 3.62. The van der Waals surface area contributed by atoms with E-state index in [0.29, 0.717) is 0 Å². The van der Waals surface area contributed by atoms with E-state index in [9.17, 15) is 5.11 Å². The van der Waals surface area contributed by atoms with Gasteiger partial charge in [-0.3, -0.25) is 0 Å². The van der Waals surface area contributed by atoms with E-state index in [1.807, 2.05) is 0 Å². The molecular formula is C14H21NO. The van der Waals surface area contributed by atoms with Gasteiger partial charge in [-0.25, -0.2) is 0 Å². The molecule has 0 bridgehead atoms. The van der Waals surface area contributed by atoms with Crippen molar-refractivity contribution in [3.8, 4) is 0 Å². The topological polar surface area (TPSA) is 32.3 Å². The molecule has 2 heteroatoms. The number of aryl methyl sites for hydroxylation is 1. The number of piperidine rings is 1. The summed E-state index contributed by atoms with van der Waals surface area (Å²) in [6.07, 6.45) is 3.82. The van der Waals surface area contributed by atoms with Gasteiger partial charge < -0.3 is 10.4 Å². The average Bonchev–Trinajstić information content (AvgIpc) is 2.29. The summed E-state index contributed by atoms with van der Waals surface area (Å²) in [7, 11) is 0. The molecule has 1 aromatic rings. The minimum atomic E-state index is -0.537. The molecule has 0 radical (unpaired) electrons. The Labute approximate surface area is 97.7 Å². The number of benzene rings is 1. The maximum atomic E-state index is 10.4. The fraction of sp³-hybridized carbons (Fsp3) is 0.571. The van der Waals surface area contributed by atoms with E-state index in [4.69, 9.17) is 0 Å². The lowest BCUT2D eigenvalue weighted by Crippen LogP contribution is -2.47. The van der Waals surface area contributed by atoms with Gasteiger partial charge in [0.15, 0.2) is 0 Å². The lowest BCUT2D eigenvalue weighted by atomic mass is 9.87.